The summed E-state index contributed by atoms with van der Waals surface area (Å²) in [5.74, 6) is 0. The van der Waals surface area contributed by atoms with Crippen LogP contribution in [-0.2, 0) is 11.2 Å². The minimum Gasteiger partial charge on any atom is -0.373 e. The van der Waals surface area contributed by atoms with Crippen molar-refractivity contribution in [2.45, 2.75) is 25.9 Å². The average Bonchev–Trinajstić information content (AvgIpc) is 2.64. The minimum atomic E-state index is 0.307. The van der Waals surface area contributed by atoms with Crippen LogP contribution in [0.1, 0.15) is 30.6 Å². The highest BCUT2D eigenvalue weighted by atomic mass is 16.5. The fourth-order valence-corrected chi connectivity index (χ4v) is 3.30. The van der Waals surface area contributed by atoms with Crippen LogP contribution < -0.4 is 5.32 Å². The first-order valence-electron chi connectivity index (χ1n) is 9.00. The summed E-state index contributed by atoms with van der Waals surface area (Å²) < 4.78 is 5.86. The van der Waals surface area contributed by atoms with E-state index in [-0.39, 0.29) is 0 Å². The van der Waals surface area contributed by atoms with Gasteiger partial charge in [-0.3, -0.25) is 0 Å². The zero-order valence-electron chi connectivity index (χ0n) is 14.5. The number of anilines is 2. The van der Waals surface area contributed by atoms with Crippen LogP contribution in [0, 0.1) is 0 Å². The highest BCUT2D eigenvalue weighted by Crippen LogP contribution is 2.38. The predicted octanol–water partition coefficient (Wildman–Crippen LogP) is 6.12. The highest BCUT2D eigenvalue weighted by molar-refractivity contribution is 5.70. The number of rotatable bonds is 6. The zero-order valence-corrected chi connectivity index (χ0v) is 14.5. The summed E-state index contributed by atoms with van der Waals surface area (Å²) in [7, 11) is 0. The van der Waals surface area contributed by atoms with Gasteiger partial charge in [-0.05, 0) is 52.9 Å². The Morgan fingerprint density at radius 2 is 1.60 bits per heavy atom. The lowest BCUT2D eigenvalue weighted by Gasteiger charge is -2.30. The summed E-state index contributed by atoms with van der Waals surface area (Å²) in [5, 5.41) is 3.42. The molecule has 2 heteroatoms. The van der Waals surface area contributed by atoms with Gasteiger partial charge in [0.1, 0.15) is 0 Å². The summed E-state index contributed by atoms with van der Waals surface area (Å²) in [5.41, 5.74) is 7.52. The fraction of sp³-hybridized carbons (Fsp3) is 0.217. The largest absolute Gasteiger partial charge is 0.373 e. The summed E-state index contributed by atoms with van der Waals surface area (Å²) in [6.07, 6.45) is 2.42. The molecule has 126 valence electrons. The van der Waals surface area contributed by atoms with Crippen molar-refractivity contribution >= 4 is 11.4 Å². The standard InChI is InChI=1S/C23H23NO/c1-2-14-25-23-16-19-15-18(10-13-22(19)23)17-8-11-21(12-9-17)24-20-6-4-3-5-7-20/h3-13,15,23-24H,2,14,16H2,1H3. The molecule has 0 radical (unpaired) electrons. The maximum absolute atomic E-state index is 5.86. The van der Waals surface area contributed by atoms with Gasteiger partial charge in [-0.2, -0.15) is 0 Å². The van der Waals surface area contributed by atoms with Crippen LogP contribution in [0.25, 0.3) is 11.1 Å². The molecular weight excluding hydrogens is 306 g/mol. The molecule has 4 rings (SSSR count). The lowest BCUT2D eigenvalue weighted by atomic mass is 9.83. The number of hydrogen-bond acceptors (Lipinski definition) is 2. The van der Waals surface area contributed by atoms with E-state index in [1.54, 1.807) is 0 Å². The molecule has 2 nitrogen and oxygen atoms in total. The predicted molar refractivity (Wildman–Crippen MR) is 104 cm³/mol. The van der Waals surface area contributed by atoms with E-state index in [1.807, 2.05) is 18.2 Å². The molecule has 0 saturated carbocycles. The number of ether oxygens (including phenoxy) is 1. The number of hydrogen-bond donors (Lipinski definition) is 1. The molecule has 0 spiro atoms. The van der Waals surface area contributed by atoms with Gasteiger partial charge in [0.2, 0.25) is 0 Å². The fourth-order valence-electron chi connectivity index (χ4n) is 3.30. The van der Waals surface area contributed by atoms with Crippen molar-refractivity contribution in [1.29, 1.82) is 0 Å². The van der Waals surface area contributed by atoms with Crippen molar-refractivity contribution in [1.82, 2.24) is 0 Å². The highest BCUT2D eigenvalue weighted by Gasteiger charge is 2.26. The maximum Gasteiger partial charge on any atom is 0.0868 e. The molecule has 0 aromatic heterocycles. The molecule has 0 bridgehead atoms. The molecule has 1 N–H and O–H groups in total. The monoisotopic (exact) mass is 329 g/mol. The first kappa shape index (κ1) is 15.9. The molecule has 1 unspecified atom stereocenters. The van der Waals surface area contributed by atoms with Crippen LogP contribution in [0.5, 0.6) is 0 Å². The lowest BCUT2D eigenvalue weighted by molar-refractivity contribution is 0.0374. The maximum atomic E-state index is 5.86. The van der Waals surface area contributed by atoms with E-state index in [2.05, 4.69) is 66.8 Å². The molecule has 0 fully saturated rings. The van der Waals surface area contributed by atoms with Crippen molar-refractivity contribution < 1.29 is 4.74 Å². The second-order valence-corrected chi connectivity index (χ2v) is 6.55. The minimum absolute atomic E-state index is 0.307. The van der Waals surface area contributed by atoms with Crippen LogP contribution in [-0.4, -0.2) is 6.61 Å². The Morgan fingerprint density at radius 3 is 2.32 bits per heavy atom. The topological polar surface area (TPSA) is 21.3 Å². The van der Waals surface area contributed by atoms with Gasteiger partial charge < -0.3 is 10.1 Å². The van der Waals surface area contributed by atoms with E-state index < -0.39 is 0 Å². The first-order chi connectivity index (χ1) is 12.3. The summed E-state index contributed by atoms with van der Waals surface area (Å²) in [6, 6.07) is 25.6. The van der Waals surface area contributed by atoms with Crippen molar-refractivity contribution in [3.8, 4) is 11.1 Å². The van der Waals surface area contributed by atoms with Crippen molar-refractivity contribution in [2.24, 2.45) is 0 Å². The molecule has 3 aromatic carbocycles. The Labute approximate surface area is 149 Å². The smallest absolute Gasteiger partial charge is 0.0868 e. The summed E-state index contributed by atoms with van der Waals surface area (Å²) in [6.45, 7) is 3.00. The third-order valence-corrected chi connectivity index (χ3v) is 4.70. The molecule has 0 heterocycles. The van der Waals surface area contributed by atoms with E-state index in [1.165, 1.54) is 22.3 Å². The average molecular weight is 329 g/mol. The van der Waals surface area contributed by atoms with Gasteiger partial charge in [0.05, 0.1) is 6.10 Å². The molecule has 0 amide bonds. The van der Waals surface area contributed by atoms with Gasteiger partial charge in [0, 0.05) is 24.4 Å². The first-order valence-corrected chi connectivity index (χ1v) is 9.00. The van der Waals surface area contributed by atoms with Crippen LogP contribution in [0.4, 0.5) is 11.4 Å². The second-order valence-electron chi connectivity index (χ2n) is 6.55. The summed E-state index contributed by atoms with van der Waals surface area (Å²) >= 11 is 0. The van der Waals surface area contributed by atoms with Crippen molar-refractivity contribution in [3.63, 3.8) is 0 Å². The molecule has 0 saturated heterocycles. The number of fused-ring (bicyclic) bond motifs is 1. The number of benzene rings is 3. The van der Waals surface area contributed by atoms with E-state index >= 15 is 0 Å². The normalized spacial score (nSPS) is 15.3. The molecule has 1 aliphatic rings. The van der Waals surface area contributed by atoms with Gasteiger partial charge in [0.15, 0.2) is 0 Å². The van der Waals surface area contributed by atoms with Crippen molar-refractivity contribution in [3.05, 3.63) is 83.9 Å². The number of para-hydroxylation sites is 1. The van der Waals surface area contributed by atoms with Gasteiger partial charge in [-0.1, -0.05) is 55.5 Å². The Bertz CT molecular complexity index is 840. The Balaban J connectivity index is 1.47. The molecule has 1 atom stereocenters. The number of nitrogens with one attached hydrogen (secondary N) is 1. The lowest BCUT2D eigenvalue weighted by Crippen LogP contribution is -2.20. The van der Waals surface area contributed by atoms with Crippen LogP contribution in [0.15, 0.2) is 72.8 Å². The molecule has 3 aromatic rings. The quantitative estimate of drug-likeness (QED) is 0.588. The van der Waals surface area contributed by atoms with Gasteiger partial charge in [-0.15, -0.1) is 0 Å². The van der Waals surface area contributed by atoms with Crippen LogP contribution in [0.3, 0.4) is 0 Å². The third-order valence-electron chi connectivity index (χ3n) is 4.70. The molecule has 25 heavy (non-hydrogen) atoms. The third kappa shape index (κ3) is 3.45. The van der Waals surface area contributed by atoms with Crippen LogP contribution in [0.2, 0.25) is 0 Å². The Kier molecular flexibility index (Phi) is 4.53. The van der Waals surface area contributed by atoms with Crippen molar-refractivity contribution in [2.75, 3.05) is 11.9 Å². The van der Waals surface area contributed by atoms with Gasteiger partial charge in [-0.25, -0.2) is 0 Å². The van der Waals surface area contributed by atoms with Crippen LogP contribution >= 0.6 is 0 Å². The molecule has 0 aliphatic heterocycles. The SMILES string of the molecule is CCCOC1Cc2cc(-c3ccc(Nc4ccccc4)cc3)ccc21. The second kappa shape index (κ2) is 7.12. The Morgan fingerprint density at radius 1 is 0.880 bits per heavy atom. The van der Waals surface area contributed by atoms with E-state index in [9.17, 15) is 0 Å². The Hall–Kier alpha value is -2.58. The molecule has 1 aliphatic carbocycles. The van der Waals surface area contributed by atoms with E-state index in [0.29, 0.717) is 6.10 Å². The zero-order chi connectivity index (χ0) is 17.1. The van der Waals surface area contributed by atoms with E-state index in [4.69, 9.17) is 4.74 Å². The van der Waals surface area contributed by atoms with Gasteiger partial charge >= 0.3 is 0 Å². The summed E-state index contributed by atoms with van der Waals surface area (Å²) in [4.78, 5) is 0. The van der Waals surface area contributed by atoms with E-state index in [0.717, 1.165) is 30.8 Å². The molecular formula is C23H23NO. The van der Waals surface area contributed by atoms with Gasteiger partial charge in [0.25, 0.3) is 0 Å².